The van der Waals surface area contributed by atoms with Crippen molar-refractivity contribution < 1.29 is 0 Å². The Bertz CT molecular complexity index is 841. The normalized spacial score (nSPS) is 15.8. The minimum Gasteiger partial charge on any atom is -0.0720 e. The Hall–Kier alpha value is -2.60. The lowest BCUT2D eigenvalue weighted by atomic mass is 9.86. The summed E-state index contributed by atoms with van der Waals surface area (Å²) in [5.41, 5.74) is 8.15. The van der Waals surface area contributed by atoms with Crippen LogP contribution in [-0.2, 0) is 0 Å². The van der Waals surface area contributed by atoms with Crippen LogP contribution in [-0.4, -0.2) is 0 Å². The topological polar surface area (TPSA) is 0 Å². The van der Waals surface area contributed by atoms with Gasteiger partial charge in [0.1, 0.15) is 0 Å². The van der Waals surface area contributed by atoms with E-state index in [1.165, 1.54) is 33.4 Å². The van der Waals surface area contributed by atoms with Gasteiger partial charge < -0.3 is 0 Å². The van der Waals surface area contributed by atoms with Crippen LogP contribution >= 0.6 is 0 Å². The van der Waals surface area contributed by atoms with E-state index in [1.54, 1.807) is 0 Å². The number of allylic oxidation sites excluding steroid dienone is 1. The van der Waals surface area contributed by atoms with Gasteiger partial charge in [-0.15, -0.1) is 0 Å². The predicted molar refractivity (Wildman–Crippen MR) is 93.9 cm³/mol. The molecule has 0 N–H and O–H groups in total. The summed E-state index contributed by atoms with van der Waals surface area (Å²) in [6, 6.07) is 26.0. The van der Waals surface area contributed by atoms with Crippen molar-refractivity contribution in [1.82, 2.24) is 0 Å². The molecule has 0 aliphatic heterocycles. The van der Waals surface area contributed by atoms with Crippen LogP contribution in [0.15, 0.2) is 78.9 Å². The highest BCUT2D eigenvalue weighted by atomic mass is 14.3. The first-order chi connectivity index (χ1) is 10.8. The minimum atomic E-state index is 0.353. The molecule has 0 fully saturated rings. The second-order valence-electron chi connectivity index (χ2n) is 5.87. The molecule has 0 heteroatoms. The standard InChI is InChI=1S/C22H18/c1-16-8-7-13-20-18(16)14-15-22(20)21-12-6-5-11-19(21)17-9-3-2-4-10-17/h2-15,22H,1H3. The van der Waals surface area contributed by atoms with Crippen LogP contribution in [0.1, 0.15) is 28.2 Å². The SMILES string of the molecule is Cc1cccc2c1C=CC2c1ccccc1-c1ccccc1. The molecular weight excluding hydrogens is 264 g/mol. The molecule has 1 unspecified atom stereocenters. The molecule has 3 aromatic carbocycles. The van der Waals surface area contributed by atoms with Gasteiger partial charge >= 0.3 is 0 Å². The molecule has 0 aromatic heterocycles. The van der Waals surface area contributed by atoms with Gasteiger partial charge in [-0.3, -0.25) is 0 Å². The van der Waals surface area contributed by atoms with Gasteiger partial charge in [0.25, 0.3) is 0 Å². The van der Waals surface area contributed by atoms with E-state index in [4.69, 9.17) is 0 Å². The summed E-state index contributed by atoms with van der Waals surface area (Å²) < 4.78 is 0. The number of hydrogen-bond donors (Lipinski definition) is 0. The monoisotopic (exact) mass is 282 g/mol. The van der Waals surface area contributed by atoms with Gasteiger partial charge in [0, 0.05) is 5.92 Å². The predicted octanol–water partition coefficient (Wildman–Crippen LogP) is 5.82. The van der Waals surface area contributed by atoms with E-state index < -0.39 is 0 Å². The van der Waals surface area contributed by atoms with Crippen LogP contribution < -0.4 is 0 Å². The Balaban J connectivity index is 1.87. The van der Waals surface area contributed by atoms with Crippen molar-refractivity contribution in [2.24, 2.45) is 0 Å². The lowest BCUT2D eigenvalue weighted by Crippen LogP contribution is -1.99. The first-order valence-electron chi connectivity index (χ1n) is 7.76. The molecule has 1 aliphatic rings. The van der Waals surface area contributed by atoms with Gasteiger partial charge in [-0.2, -0.15) is 0 Å². The molecule has 0 saturated heterocycles. The highest BCUT2D eigenvalue weighted by molar-refractivity contribution is 5.74. The maximum Gasteiger partial charge on any atom is 0.0285 e. The Labute approximate surface area is 131 Å². The average Bonchev–Trinajstić information content (AvgIpc) is 3.01. The van der Waals surface area contributed by atoms with Crippen LogP contribution in [0, 0.1) is 6.92 Å². The van der Waals surface area contributed by atoms with E-state index in [1.807, 2.05) is 0 Å². The molecule has 1 aliphatic carbocycles. The zero-order valence-corrected chi connectivity index (χ0v) is 12.7. The van der Waals surface area contributed by atoms with E-state index in [9.17, 15) is 0 Å². The van der Waals surface area contributed by atoms with Crippen LogP contribution in [0.5, 0.6) is 0 Å². The molecular formula is C22H18. The van der Waals surface area contributed by atoms with E-state index in [2.05, 4.69) is 91.9 Å². The number of hydrogen-bond acceptors (Lipinski definition) is 0. The number of benzene rings is 3. The molecule has 22 heavy (non-hydrogen) atoms. The first kappa shape index (κ1) is 13.1. The molecule has 1 atom stereocenters. The summed E-state index contributed by atoms with van der Waals surface area (Å²) in [6.45, 7) is 2.19. The summed E-state index contributed by atoms with van der Waals surface area (Å²) >= 11 is 0. The van der Waals surface area contributed by atoms with Gasteiger partial charge in [-0.05, 0) is 40.3 Å². The second kappa shape index (κ2) is 5.31. The largest absolute Gasteiger partial charge is 0.0720 e. The summed E-state index contributed by atoms with van der Waals surface area (Å²) in [5.74, 6) is 0.353. The maximum atomic E-state index is 2.33. The van der Waals surface area contributed by atoms with Crippen molar-refractivity contribution in [1.29, 1.82) is 0 Å². The fraction of sp³-hybridized carbons (Fsp3) is 0.0909. The number of fused-ring (bicyclic) bond motifs is 1. The van der Waals surface area contributed by atoms with Gasteiger partial charge in [-0.1, -0.05) is 84.9 Å². The fourth-order valence-electron chi connectivity index (χ4n) is 3.42. The van der Waals surface area contributed by atoms with Gasteiger partial charge in [-0.25, -0.2) is 0 Å². The Kier molecular flexibility index (Phi) is 3.16. The highest BCUT2D eigenvalue weighted by Crippen LogP contribution is 2.40. The third kappa shape index (κ3) is 2.08. The van der Waals surface area contributed by atoms with E-state index in [0.717, 1.165) is 0 Å². The van der Waals surface area contributed by atoms with Crippen molar-refractivity contribution in [3.8, 4) is 11.1 Å². The lowest BCUT2D eigenvalue weighted by molar-refractivity contribution is 1.05. The Morgan fingerprint density at radius 2 is 1.41 bits per heavy atom. The summed E-state index contributed by atoms with van der Waals surface area (Å²) in [4.78, 5) is 0. The third-order valence-electron chi connectivity index (χ3n) is 4.53. The smallest absolute Gasteiger partial charge is 0.0285 e. The average molecular weight is 282 g/mol. The second-order valence-corrected chi connectivity index (χ2v) is 5.87. The molecule has 106 valence electrons. The van der Waals surface area contributed by atoms with E-state index >= 15 is 0 Å². The Morgan fingerprint density at radius 1 is 0.682 bits per heavy atom. The minimum absolute atomic E-state index is 0.353. The molecule has 0 saturated carbocycles. The molecule has 0 spiro atoms. The molecule has 0 radical (unpaired) electrons. The van der Waals surface area contributed by atoms with Crippen molar-refractivity contribution >= 4 is 6.08 Å². The Morgan fingerprint density at radius 3 is 2.27 bits per heavy atom. The number of rotatable bonds is 2. The fourth-order valence-corrected chi connectivity index (χ4v) is 3.42. The molecule has 0 amide bonds. The van der Waals surface area contributed by atoms with Gasteiger partial charge in [0.2, 0.25) is 0 Å². The summed E-state index contributed by atoms with van der Waals surface area (Å²) in [6.07, 6.45) is 4.61. The molecule has 0 nitrogen and oxygen atoms in total. The molecule has 3 aromatic rings. The third-order valence-corrected chi connectivity index (χ3v) is 4.53. The molecule has 0 bridgehead atoms. The van der Waals surface area contributed by atoms with Crippen molar-refractivity contribution in [3.05, 3.63) is 101 Å². The molecule has 0 heterocycles. The summed E-state index contributed by atoms with van der Waals surface area (Å²) in [5, 5.41) is 0. The van der Waals surface area contributed by atoms with Gasteiger partial charge in [0.05, 0.1) is 0 Å². The number of aryl methyl sites for hydroxylation is 1. The van der Waals surface area contributed by atoms with Crippen molar-refractivity contribution in [2.45, 2.75) is 12.8 Å². The zero-order chi connectivity index (χ0) is 14.9. The highest BCUT2D eigenvalue weighted by Gasteiger charge is 2.22. The maximum absolute atomic E-state index is 2.33. The zero-order valence-electron chi connectivity index (χ0n) is 12.7. The van der Waals surface area contributed by atoms with Crippen LogP contribution in [0.25, 0.3) is 17.2 Å². The van der Waals surface area contributed by atoms with Crippen molar-refractivity contribution in [3.63, 3.8) is 0 Å². The first-order valence-corrected chi connectivity index (χ1v) is 7.76. The van der Waals surface area contributed by atoms with Crippen LogP contribution in [0.2, 0.25) is 0 Å². The van der Waals surface area contributed by atoms with Crippen LogP contribution in [0.4, 0.5) is 0 Å². The summed E-state index contributed by atoms with van der Waals surface area (Å²) in [7, 11) is 0. The molecule has 4 rings (SSSR count). The lowest BCUT2D eigenvalue weighted by Gasteiger charge is -2.17. The van der Waals surface area contributed by atoms with Crippen LogP contribution in [0.3, 0.4) is 0 Å². The van der Waals surface area contributed by atoms with E-state index in [0.29, 0.717) is 5.92 Å². The van der Waals surface area contributed by atoms with Gasteiger partial charge in [0.15, 0.2) is 0 Å². The van der Waals surface area contributed by atoms with E-state index in [-0.39, 0.29) is 0 Å². The van der Waals surface area contributed by atoms with Crippen molar-refractivity contribution in [2.75, 3.05) is 0 Å². The quantitative estimate of drug-likeness (QED) is 0.555.